The molecule has 0 atom stereocenters. The van der Waals surface area contributed by atoms with Gasteiger partial charge in [0, 0.05) is 5.56 Å². The molecular weight excluding hydrogens is 324 g/mol. The van der Waals surface area contributed by atoms with Gasteiger partial charge < -0.3 is 24.3 Å². The number of benzene rings is 1. The average Bonchev–Trinajstić information content (AvgIpc) is 2.52. The fourth-order valence-electron chi connectivity index (χ4n) is 2.51. The van der Waals surface area contributed by atoms with E-state index in [1.54, 1.807) is 4.90 Å². The number of carbonyl (C=O) groups is 2. The molecule has 1 aromatic carbocycles. The summed E-state index contributed by atoms with van der Waals surface area (Å²) >= 11 is 0. The molecule has 0 aromatic heterocycles. The first-order valence-electron chi connectivity index (χ1n) is 7.14. The van der Waals surface area contributed by atoms with Crippen LogP contribution in [0.4, 0.5) is 0 Å². The minimum atomic E-state index is -4.22. The summed E-state index contributed by atoms with van der Waals surface area (Å²) in [7, 11) is -4.22. The number of hydrogen-bond acceptors (Lipinski definition) is 6. The number of nitrogens with one attached hydrogen (secondary N) is 1. The van der Waals surface area contributed by atoms with Crippen molar-refractivity contribution in [2.45, 2.75) is 0 Å². The highest BCUT2D eigenvalue weighted by Crippen LogP contribution is 2.08. The molecule has 0 saturated carbocycles. The number of aromatic carboxylic acids is 1. The van der Waals surface area contributed by atoms with E-state index < -0.39 is 21.8 Å². The molecule has 0 spiro atoms. The summed E-state index contributed by atoms with van der Waals surface area (Å²) in [5.74, 6) is -2.03. The van der Waals surface area contributed by atoms with Crippen LogP contribution in [0.1, 0.15) is 20.7 Å². The highest BCUT2D eigenvalue weighted by molar-refractivity contribution is 7.85. The zero-order valence-corrected chi connectivity index (χ0v) is 13.2. The van der Waals surface area contributed by atoms with Gasteiger partial charge in [0.25, 0.3) is 5.91 Å². The molecule has 0 unspecified atom stereocenters. The predicted molar refractivity (Wildman–Crippen MR) is 76.8 cm³/mol. The molecule has 8 nitrogen and oxygen atoms in total. The number of carbonyl (C=O) groups excluding carboxylic acids is 2. The van der Waals surface area contributed by atoms with Gasteiger partial charge in [-0.2, -0.15) is 0 Å². The van der Waals surface area contributed by atoms with Crippen LogP contribution in [0.5, 0.6) is 0 Å². The van der Waals surface area contributed by atoms with Gasteiger partial charge in [0.2, 0.25) is 0 Å². The van der Waals surface area contributed by atoms with Crippen LogP contribution in [-0.4, -0.2) is 68.2 Å². The lowest BCUT2D eigenvalue weighted by Gasteiger charge is -2.32. The molecule has 0 bridgehead atoms. The van der Waals surface area contributed by atoms with Crippen molar-refractivity contribution in [1.82, 2.24) is 4.90 Å². The molecule has 1 amide bonds. The van der Waals surface area contributed by atoms with Gasteiger partial charge in [0.05, 0.1) is 44.4 Å². The van der Waals surface area contributed by atoms with E-state index >= 15 is 0 Å². The molecule has 0 radical (unpaired) electrons. The van der Waals surface area contributed by atoms with Crippen molar-refractivity contribution >= 4 is 22.0 Å². The lowest BCUT2D eigenvalue weighted by atomic mass is 10.1. The molecule has 2 rings (SSSR count). The van der Waals surface area contributed by atoms with Gasteiger partial charge >= 0.3 is 0 Å². The maximum absolute atomic E-state index is 12.4. The van der Waals surface area contributed by atoms with Crippen LogP contribution in [0, 0.1) is 0 Å². The summed E-state index contributed by atoms with van der Waals surface area (Å²) in [6.45, 7) is 2.15. The van der Waals surface area contributed by atoms with Crippen LogP contribution in [-0.2, 0) is 10.1 Å². The third-order valence-corrected chi connectivity index (χ3v) is 4.51. The van der Waals surface area contributed by atoms with Crippen LogP contribution in [0.15, 0.2) is 24.3 Å². The Morgan fingerprint density at radius 3 is 2.35 bits per heavy atom. The van der Waals surface area contributed by atoms with Gasteiger partial charge in [0.15, 0.2) is 0 Å². The summed E-state index contributed by atoms with van der Waals surface area (Å²) < 4.78 is 31.9. The number of rotatable bonds is 5. The first-order valence-corrected chi connectivity index (χ1v) is 8.72. The lowest BCUT2D eigenvalue weighted by molar-refractivity contribution is -0.901. The van der Waals surface area contributed by atoms with Crippen molar-refractivity contribution in [2.24, 2.45) is 0 Å². The maximum Gasteiger partial charge on any atom is 0.254 e. The molecule has 126 valence electrons. The second-order valence-corrected chi connectivity index (χ2v) is 6.95. The van der Waals surface area contributed by atoms with Crippen LogP contribution < -0.4 is 10.0 Å². The summed E-state index contributed by atoms with van der Waals surface area (Å²) in [5.41, 5.74) is 0.220. The van der Waals surface area contributed by atoms with Gasteiger partial charge in [-0.15, -0.1) is 0 Å². The summed E-state index contributed by atoms with van der Waals surface area (Å²) in [4.78, 5) is 25.7. The van der Waals surface area contributed by atoms with Crippen LogP contribution in [0.25, 0.3) is 0 Å². The number of hydrogen-bond donors (Lipinski definition) is 1. The Hall–Kier alpha value is -1.97. The van der Waals surface area contributed by atoms with Gasteiger partial charge in [0.1, 0.15) is 10.1 Å². The SMILES string of the molecule is O=C([O-])c1cccc(C(=O)N2CC[NH+](CCS(=O)(=O)[O-])CC2)c1. The van der Waals surface area contributed by atoms with E-state index in [-0.39, 0.29) is 23.6 Å². The third kappa shape index (κ3) is 5.02. The van der Waals surface area contributed by atoms with E-state index in [4.69, 9.17) is 0 Å². The second kappa shape index (κ2) is 7.07. The zero-order valence-electron chi connectivity index (χ0n) is 12.4. The van der Waals surface area contributed by atoms with E-state index in [1.807, 2.05) is 0 Å². The Morgan fingerprint density at radius 2 is 1.78 bits per heavy atom. The average molecular weight is 341 g/mol. The first kappa shape index (κ1) is 17.4. The lowest BCUT2D eigenvalue weighted by Crippen LogP contribution is -3.15. The topological polar surface area (TPSA) is 122 Å². The normalized spacial score (nSPS) is 16.3. The molecule has 1 aliphatic rings. The molecule has 1 heterocycles. The molecule has 1 N–H and O–H groups in total. The smallest absolute Gasteiger partial charge is 0.254 e. The van der Waals surface area contributed by atoms with Crippen molar-refractivity contribution in [3.05, 3.63) is 35.4 Å². The van der Waals surface area contributed by atoms with Gasteiger partial charge in [-0.25, -0.2) is 8.42 Å². The summed E-state index contributed by atoms with van der Waals surface area (Å²) in [6, 6.07) is 5.66. The molecule has 9 heteroatoms. The van der Waals surface area contributed by atoms with E-state index in [0.717, 1.165) is 4.90 Å². The van der Waals surface area contributed by atoms with Crippen molar-refractivity contribution in [1.29, 1.82) is 0 Å². The van der Waals surface area contributed by atoms with Crippen molar-refractivity contribution in [2.75, 3.05) is 38.5 Å². The number of nitrogens with zero attached hydrogens (tertiary/aromatic N) is 1. The van der Waals surface area contributed by atoms with Gasteiger partial charge in [-0.3, -0.25) is 4.79 Å². The Kier molecular flexibility index (Phi) is 5.34. The molecular formula is C14H17N2O6S-. The van der Waals surface area contributed by atoms with Gasteiger partial charge in [-0.1, -0.05) is 12.1 Å². The van der Waals surface area contributed by atoms with E-state index in [0.29, 0.717) is 26.2 Å². The molecule has 1 aromatic rings. The van der Waals surface area contributed by atoms with Crippen molar-refractivity contribution in [3.8, 4) is 0 Å². The number of carboxylic acid groups (broad SMARTS) is 1. The largest absolute Gasteiger partial charge is 0.748 e. The van der Waals surface area contributed by atoms with Crippen LogP contribution >= 0.6 is 0 Å². The fraction of sp³-hybridized carbons (Fsp3) is 0.429. The Morgan fingerprint density at radius 1 is 1.17 bits per heavy atom. The molecule has 1 aliphatic heterocycles. The molecule has 0 aliphatic carbocycles. The number of amides is 1. The summed E-state index contributed by atoms with van der Waals surface area (Å²) in [5, 5.41) is 10.8. The first-order chi connectivity index (χ1) is 10.8. The second-order valence-electron chi connectivity index (χ2n) is 5.42. The highest BCUT2D eigenvalue weighted by atomic mass is 32.2. The third-order valence-electron chi connectivity index (χ3n) is 3.81. The number of piperazine rings is 1. The standard InChI is InChI=1S/C14H18N2O6S/c17-13(11-2-1-3-12(10-11)14(18)19)16-6-4-15(5-7-16)8-9-23(20,21)22/h1-3,10H,4-9H2,(H,18,19)(H,20,21,22)/p-1. The summed E-state index contributed by atoms with van der Waals surface area (Å²) in [6.07, 6.45) is 0. The van der Waals surface area contributed by atoms with Crippen LogP contribution in [0.3, 0.4) is 0 Å². The number of carboxylic acids is 1. The number of quaternary nitrogens is 1. The van der Waals surface area contributed by atoms with Crippen LogP contribution in [0.2, 0.25) is 0 Å². The van der Waals surface area contributed by atoms with Gasteiger partial charge in [-0.05, 0) is 17.7 Å². The molecule has 1 saturated heterocycles. The van der Waals surface area contributed by atoms with Crippen molar-refractivity contribution < 1.29 is 32.6 Å². The van der Waals surface area contributed by atoms with E-state index in [1.165, 1.54) is 24.3 Å². The van der Waals surface area contributed by atoms with Crippen molar-refractivity contribution in [3.63, 3.8) is 0 Å². The minimum absolute atomic E-state index is 0.0548. The molecule has 1 fully saturated rings. The monoisotopic (exact) mass is 341 g/mol. The maximum atomic E-state index is 12.4. The predicted octanol–water partition coefficient (Wildman–Crippen LogP) is -3.06. The van der Waals surface area contributed by atoms with E-state index in [2.05, 4.69) is 0 Å². The quantitative estimate of drug-likeness (QED) is 0.567. The van der Waals surface area contributed by atoms with E-state index in [9.17, 15) is 27.7 Å². The highest BCUT2D eigenvalue weighted by Gasteiger charge is 2.24. The Balaban J connectivity index is 1.93. The molecule has 23 heavy (non-hydrogen) atoms. The Bertz CT molecular complexity index is 695. The zero-order chi connectivity index (χ0) is 17.0. The fourth-order valence-corrected chi connectivity index (χ4v) is 3.05. The minimum Gasteiger partial charge on any atom is -0.748 e. The Labute approximate surface area is 134 Å².